The quantitative estimate of drug-likeness (QED) is 0.905. The zero-order valence-corrected chi connectivity index (χ0v) is 12.8. The van der Waals surface area contributed by atoms with Crippen LogP contribution in [0.2, 0.25) is 0 Å². The summed E-state index contributed by atoms with van der Waals surface area (Å²) in [6.07, 6.45) is 0.991. The number of hydrogen-bond donors (Lipinski definition) is 1. The van der Waals surface area contributed by atoms with Crippen molar-refractivity contribution in [1.82, 2.24) is 4.98 Å². The Bertz CT molecular complexity index is 527. The molecule has 96 valence electrons. The minimum Gasteiger partial charge on any atom is -0.497 e. The largest absolute Gasteiger partial charge is 0.497 e. The summed E-state index contributed by atoms with van der Waals surface area (Å²) in [6, 6.07) is 5.98. The number of anilines is 1. The second-order valence-corrected chi connectivity index (χ2v) is 5.77. The van der Waals surface area contributed by atoms with E-state index in [1.807, 2.05) is 30.6 Å². The summed E-state index contributed by atoms with van der Waals surface area (Å²) in [5, 5.41) is 3.39. The number of thiazole rings is 1. The maximum absolute atomic E-state index is 5.23. The summed E-state index contributed by atoms with van der Waals surface area (Å²) in [5.74, 6) is 0.848. The summed E-state index contributed by atoms with van der Waals surface area (Å²) in [7, 11) is 1.67. The fourth-order valence-corrected chi connectivity index (χ4v) is 2.92. The highest BCUT2D eigenvalue weighted by atomic mass is 79.9. The molecular formula is C13H15BrN2OS. The number of hydrogen-bond acceptors (Lipinski definition) is 4. The molecular weight excluding hydrogens is 312 g/mol. The zero-order valence-electron chi connectivity index (χ0n) is 10.4. The molecule has 0 amide bonds. The van der Waals surface area contributed by atoms with Gasteiger partial charge in [-0.2, -0.15) is 0 Å². The van der Waals surface area contributed by atoms with Crippen LogP contribution >= 0.6 is 27.3 Å². The summed E-state index contributed by atoms with van der Waals surface area (Å²) >= 11 is 5.18. The number of nitrogens with zero attached hydrogens (tertiary/aromatic N) is 1. The van der Waals surface area contributed by atoms with Gasteiger partial charge in [-0.1, -0.05) is 15.9 Å². The number of ether oxygens (including phenoxy) is 1. The predicted molar refractivity (Wildman–Crippen MR) is 79.7 cm³/mol. The standard InChI is InChI=1S/C13H15BrN2OS/c1-9-13(18-8-16-9)3-4-15-11-5-10(14)6-12(7-11)17-2/h5-8,15H,3-4H2,1-2H3. The number of aryl methyl sites for hydroxylation is 1. The molecule has 0 aliphatic heterocycles. The highest BCUT2D eigenvalue weighted by molar-refractivity contribution is 9.10. The Morgan fingerprint density at radius 3 is 2.89 bits per heavy atom. The van der Waals surface area contributed by atoms with E-state index < -0.39 is 0 Å². The normalized spacial score (nSPS) is 10.4. The van der Waals surface area contributed by atoms with E-state index in [0.29, 0.717) is 0 Å². The first kappa shape index (κ1) is 13.4. The van der Waals surface area contributed by atoms with E-state index in [4.69, 9.17) is 4.74 Å². The van der Waals surface area contributed by atoms with Crippen molar-refractivity contribution in [3.8, 4) is 5.75 Å². The second kappa shape index (κ2) is 6.20. The van der Waals surface area contributed by atoms with Crippen LogP contribution in [-0.2, 0) is 6.42 Å². The van der Waals surface area contributed by atoms with Gasteiger partial charge < -0.3 is 10.1 Å². The fourth-order valence-electron chi connectivity index (χ4n) is 1.67. The van der Waals surface area contributed by atoms with E-state index in [-0.39, 0.29) is 0 Å². The number of benzene rings is 1. The molecule has 1 N–H and O–H groups in total. The van der Waals surface area contributed by atoms with Crippen molar-refractivity contribution < 1.29 is 4.74 Å². The van der Waals surface area contributed by atoms with Crippen LogP contribution in [0.1, 0.15) is 10.6 Å². The monoisotopic (exact) mass is 326 g/mol. The smallest absolute Gasteiger partial charge is 0.122 e. The predicted octanol–water partition coefficient (Wildman–Crippen LogP) is 3.88. The van der Waals surface area contributed by atoms with Crippen LogP contribution in [0.25, 0.3) is 0 Å². The molecule has 1 aromatic heterocycles. The molecule has 5 heteroatoms. The summed E-state index contributed by atoms with van der Waals surface area (Å²) in [5.41, 5.74) is 4.09. The molecule has 1 aromatic carbocycles. The second-order valence-electron chi connectivity index (χ2n) is 3.92. The van der Waals surface area contributed by atoms with Gasteiger partial charge in [-0.3, -0.25) is 0 Å². The number of aromatic nitrogens is 1. The van der Waals surface area contributed by atoms with Crippen molar-refractivity contribution in [3.63, 3.8) is 0 Å². The highest BCUT2D eigenvalue weighted by Crippen LogP contribution is 2.24. The maximum atomic E-state index is 5.23. The average molecular weight is 327 g/mol. The Balaban J connectivity index is 1.94. The topological polar surface area (TPSA) is 34.1 Å². The highest BCUT2D eigenvalue weighted by Gasteiger charge is 2.02. The molecule has 0 unspecified atom stereocenters. The van der Waals surface area contributed by atoms with Crippen LogP contribution < -0.4 is 10.1 Å². The summed E-state index contributed by atoms with van der Waals surface area (Å²) in [6.45, 7) is 2.94. The fraction of sp³-hybridized carbons (Fsp3) is 0.308. The molecule has 18 heavy (non-hydrogen) atoms. The van der Waals surface area contributed by atoms with Crippen molar-refractivity contribution in [2.45, 2.75) is 13.3 Å². The van der Waals surface area contributed by atoms with Crippen molar-refractivity contribution in [3.05, 3.63) is 38.8 Å². The van der Waals surface area contributed by atoms with Crippen LogP contribution in [0.5, 0.6) is 5.75 Å². The summed E-state index contributed by atoms with van der Waals surface area (Å²) in [4.78, 5) is 5.58. The molecule has 0 aliphatic rings. The Labute approximate surface area is 119 Å². The van der Waals surface area contributed by atoms with Gasteiger partial charge in [-0.25, -0.2) is 4.98 Å². The van der Waals surface area contributed by atoms with Gasteiger partial charge >= 0.3 is 0 Å². The lowest BCUT2D eigenvalue weighted by molar-refractivity contribution is 0.414. The van der Waals surface area contributed by atoms with Crippen molar-refractivity contribution >= 4 is 33.0 Å². The van der Waals surface area contributed by atoms with Gasteiger partial charge in [-0.15, -0.1) is 11.3 Å². The van der Waals surface area contributed by atoms with Crippen LogP contribution in [0.4, 0.5) is 5.69 Å². The minimum absolute atomic E-state index is 0.848. The number of rotatable bonds is 5. The SMILES string of the molecule is COc1cc(Br)cc(NCCc2scnc2C)c1. The first-order valence-electron chi connectivity index (χ1n) is 5.66. The van der Waals surface area contributed by atoms with Crippen LogP contribution in [0.3, 0.4) is 0 Å². The molecule has 0 saturated carbocycles. The lowest BCUT2D eigenvalue weighted by Gasteiger charge is -2.08. The number of halogens is 1. The van der Waals surface area contributed by atoms with Crippen LogP contribution in [0.15, 0.2) is 28.2 Å². The van der Waals surface area contributed by atoms with E-state index in [0.717, 1.165) is 34.6 Å². The molecule has 0 bridgehead atoms. The van der Waals surface area contributed by atoms with Gasteiger partial charge in [0.2, 0.25) is 0 Å². The third kappa shape index (κ3) is 3.46. The molecule has 0 fully saturated rings. The Morgan fingerprint density at radius 1 is 1.39 bits per heavy atom. The number of nitrogens with one attached hydrogen (secondary N) is 1. The molecule has 0 saturated heterocycles. The van der Waals surface area contributed by atoms with Crippen molar-refractivity contribution in [2.75, 3.05) is 19.0 Å². The van der Waals surface area contributed by atoms with E-state index in [1.165, 1.54) is 4.88 Å². The van der Waals surface area contributed by atoms with Crippen molar-refractivity contribution in [2.24, 2.45) is 0 Å². The number of methoxy groups -OCH3 is 1. The third-order valence-electron chi connectivity index (χ3n) is 2.63. The Morgan fingerprint density at radius 2 is 2.22 bits per heavy atom. The summed E-state index contributed by atoms with van der Waals surface area (Å²) < 4.78 is 6.24. The maximum Gasteiger partial charge on any atom is 0.122 e. The van der Waals surface area contributed by atoms with E-state index in [1.54, 1.807) is 18.4 Å². The molecule has 3 nitrogen and oxygen atoms in total. The zero-order chi connectivity index (χ0) is 13.0. The Kier molecular flexibility index (Phi) is 4.60. The lowest BCUT2D eigenvalue weighted by Crippen LogP contribution is -2.04. The molecule has 2 rings (SSSR count). The van der Waals surface area contributed by atoms with Gasteiger partial charge in [0.15, 0.2) is 0 Å². The molecule has 0 radical (unpaired) electrons. The van der Waals surface area contributed by atoms with Gasteiger partial charge in [-0.05, 0) is 19.1 Å². The first-order valence-corrected chi connectivity index (χ1v) is 7.33. The lowest BCUT2D eigenvalue weighted by atomic mass is 10.2. The van der Waals surface area contributed by atoms with E-state index in [9.17, 15) is 0 Å². The van der Waals surface area contributed by atoms with Crippen molar-refractivity contribution in [1.29, 1.82) is 0 Å². The van der Waals surface area contributed by atoms with Gasteiger partial charge in [0.05, 0.1) is 18.3 Å². The molecule has 1 heterocycles. The minimum atomic E-state index is 0.848. The van der Waals surface area contributed by atoms with Gasteiger partial charge in [0, 0.05) is 34.1 Å². The van der Waals surface area contributed by atoms with E-state index >= 15 is 0 Å². The van der Waals surface area contributed by atoms with Gasteiger partial charge in [0.1, 0.15) is 5.75 Å². The average Bonchev–Trinajstić information content (AvgIpc) is 2.74. The molecule has 0 aliphatic carbocycles. The first-order chi connectivity index (χ1) is 8.69. The molecule has 2 aromatic rings. The van der Waals surface area contributed by atoms with Crippen LogP contribution in [0, 0.1) is 6.92 Å². The molecule has 0 atom stereocenters. The van der Waals surface area contributed by atoms with E-state index in [2.05, 4.69) is 26.2 Å². The van der Waals surface area contributed by atoms with Crippen LogP contribution in [-0.4, -0.2) is 18.6 Å². The molecule has 0 spiro atoms. The van der Waals surface area contributed by atoms with Gasteiger partial charge in [0.25, 0.3) is 0 Å². The Hall–Kier alpha value is -1.07. The third-order valence-corrected chi connectivity index (χ3v) is 4.09.